The lowest BCUT2D eigenvalue weighted by Crippen LogP contribution is -2.37. The third-order valence-electron chi connectivity index (χ3n) is 5.75. The minimum Gasteiger partial charge on any atom is -0.292 e. The van der Waals surface area contributed by atoms with Gasteiger partial charge in [-0.25, -0.2) is 9.59 Å². The van der Waals surface area contributed by atoms with Gasteiger partial charge in [0.15, 0.2) is 6.10 Å². The second kappa shape index (κ2) is 11.0. The van der Waals surface area contributed by atoms with Crippen LogP contribution in [-0.2, 0) is 19.6 Å². The summed E-state index contributed by atoms with van der Waals surface area (Å²) in [5.41, 5.74) is 0.821. The normalized spacial score (nSPS) is 17.3. The molecule has 0 aliphatic heterocycles. The minimum atomic E-state index is -1.45. The SMILES string of the molecule is C[Si](C)(C)c1ccc(C(=O)OO[C]2CCC[CH]C2OOC(=O)c2ccc([Si](C)(C)C)cc2)cc1. The molecule has 6 nitrogen and oxygen atoms in total. The van der Waals surface area contributed by atoms with Crippen LogP contribution in [0.15, 0.2) is 48.5 Å². The van der Waals surface area contributed by atoms with Gasteiger partial charge >= 0.3 is 11.9 Å². The average Bonchev–Trinajstić information content (AvgIpc) is 2.80. The summed E-state index contributed by atoms with van der Waals surface area (Å²) in [7, 11) is -2.90. The van der Waals surface area contributed by atoms with Crippen molar-refractivity contribution in [3.8, 4) is 0 Å². The molecule has 0 saturated heterocycles. The fourth-order valence-electron chi connectivity index (χ4n) is 3.50. The molecule has 0 N–H and O–H groups in total. The van der Waals surface area contributed by atoms with Gasteiger partial charge in [-0.1, -0.05) is 73.9 Å². The van der Waals surface area contributed by atoms with Crippen molar-refractivity contribution in [3.63, 3.8) is 0 Å². The standard InChI is InChI=1S/C26H34O6Si2/c1-33(2,3)21-15-11-19(12-16-21)25(27)31-29-23-9-7-8-10-24(23)30-32-26(28)20-13-17-22(18-14-20)34(4,5)6/h9,11-18,23H,7-8,10H2,1-6H3. The molecule has 1 fully saturated rings. The fourth-order valence-corrected chi connectivity index (χ4v) is 5.83. The summed E-state index contributed by atoms with van der Waals surface area (Å²) in [5, 5.41) is 2.51. The number of hydrogen-bond donors (Lipinski definition) is 0. The number of rotatable bonds is 8. The molecule has 1 aliphatic carbocycles. The molecule has 34 heavy (non-hydrogen) atoms. The highest BCUT2D eigenvalue weighted by atomic mass is 28.3. The lowest BCUT2D eigenvalue weighted by atomic mass is 9.95. The largest absolute Gasteiger partial charge is 0.373 e. The van der Waals surface area contributed by atoms with Crippen LogP contribution in [-0.4, -0.2) is 34.2 Å². The first kappa shape index (κ1) is 26.3. The maximum Gasteiger partial charge on any atom is 0.373 e. The lowest BCUT2D eigenvalue weighted by Gasteiger charge is -2.26. The molecule has 1 unspecified atom stereocenters. The molecular weight excluding hydrogens is 464 g/mol. The van der Waals surface area contributed by atoms with Crippen LogP contribution in [0.5, 0.6) is 0 Å². The molecule has 2 aromatic carbocycles. The Labute approximate surface area is 204 Å². The summed E-state index contributed by atoms with van der Waals surface area (Å²) >= 11 is 0. The van der Waals surface area contributed by atoms with Gasteiger partial charge in [-0.3, -0.25) is 9.78 Å². The second-order valence-electron chi connectivity index (χ2n) is 10.6. The molecule has 1 aliphatic rings. The molecule has 0 aromatic heterocycles. The van der Waals surface area contributed by atoms with Crippen LogP contribution in [0.4, 0.5) is 0 Å². The zero-order valence-corrected chi connectivity index (χ0v) is 22.8. The van der Waals surface area contributed by atoms with Crippen molar-refractivity contribution < 1.29 is 29.1 Å². The topological polar surface area (TPSA) is 71.1 Å². The van der Waals surface area contributed by atoms with Gasteiger partial charge in [0, 0.05) is 0 Å². The van der Waals surface area contributed by atoms with Crippen molar-refractivity contribution in [2.24, 2.45) is 0 Å². The van der Waals surface area contributed by atoms with Crippen LogP contribution in [0.25, 0.3) is 0 Å². The number of carbonyl (C=O) groups excluding carboxylic acids is 2. The third-order valence-corrected chi connectivity index (χ3v) is 9.88. The van der Waals surface area contributed by atoms with Crippen LogP contribution in [0, 0.1) is 12.5 Å². The molecule has 2 aromatic rings. The van der Waals surface area contributed by atoms with E-state index < -0.39 is 34.2 Å². The summed E-state index contributed by atoms with van der Waals surface area (Å²) in [6, 6.07) is 14.9. The first-order chi connectivity index (χ1) is 15.9. The molecule has 0 spiro atoms. The average molecular weight is 499 g/mol. The van der Waals surface area contributed by atoms with E-state index in [4.69, 9.17) is 19.6 Å². The quantitative estimate of drug-likeness (QED) is 0.292. The predicted octanol–water partition coefficient (Wildman–Crippen LogP) is 4.94. The molecule has 2 radical (unpaired) electrons. The molecule has 0 bridgehead atoms. The van der Waals surface area contributed by atoms with Crippen molar-refractivity contribution in [1.82, 2.24) is 0 Å². The Morgan fingerprint density at radius 3 is 1.68 bits per heavy atom. The Balaban J connectivity index is 1.53. The van der Waals surface area contributed by atoms with E-state index in [1.807, 2.05) is 30.7 Å². The van der Waals surface area contributed by atoms with Gasteiger partial charge in [-0.15, -0.1) is 0 Å². The highest BCUT2D eigenvalue weighted by molar-refractivity contribution is 6.89. The van der Waals surface area contributed by atoms with Crippen molar-refractivity contribution in [2.45, 2.75) is 64.6 Å². The van der Waals surface area contributed by atoms with E-state index in [1.54, 1.807) is 24.3 Å². The zero-order valence-electron chi connectivity index (χ0n) is 20.8. The monoisotopic (exact) mass is 498 g/mol. The number of hydrogen-bond acceptors (Lipinski definition) is 6. The summed E-state index contributed by atoms with van der Waals surface area (Å²) in [6.07, 6.45) is 3.64. The highest BCUT2D eigenvalue weighted by Gasteiger charge is 2.33. The third kappa shape index (κ3) is 7.12. The van der Waals surface area contributed by atoms with Crippen molar-refractivity contribution in [3.05, 3.63) is 72.2 Å². The van der Waals surface area contributed by atoms with E-state index in [0.29, 0.717) is 23.7 Å². The predicted molar refractivity (Wildman–Crippen MR) is 137 cm³/mol. The first-order valence-corrected chi connectivity index (χ1v) is 18.6. The van der Waals surface area contributed by atoms with Crippen LogP contribution in [0.2, 0.25) is 39.3 Å². The van der Waals surface area contributed by atoms with Crippen molar-refractivity contribution in [2.75, 3.05) is 0 Å². The smallest absolute Gasteiger partial charge is 0.292 e. The Kier molecular flexibility index (Phi) is 8.51. The van der Waals surface area contributed by atoms with Crippen LogP contribution >= 0.6 is 0 Å². The molecular formula is C26H34O6Si2. The Morgan fingerprint density at radius 2 is 1.21 bits per heavy atom. The Morgan fingerprint density at radius 1 is 0.735 bits per heavy atom. The fraction of sp³-hybridized carbons (Fsp3) is 0.385. The van der Waals surface area contributed by atoms with Gasteiger partial charge in [0.05, 0.1) is 27.3 Å². The summed E-state index contributed by atoms with van der Waals surface area (Å²) in [6.45, 7) is 13.5. The second-order valence-corrected chi connectivity index (χ2v) is 20.7. The maximum atomic E-state index is 12.4. The van der Waals surface area contributed by atoms with Crippen LogP contribution in [0.3, 0.4) is 0 Å². The van der Waals surface area contributed by atoms with Gasteiger partial charge in [-0.05, 0) is 49.9 Å². The van der Waals surface area contributed by atoms with Gasteiger partial charge in [0.25, 0.3) is 0 Å². The molecule has 0 amide bonds. The Hall–Kier alpha value is -2.27. The zero-order chi connectivity index (χ0) is 24.9. The summed E-state index contributed by atoms with van der Waals surface area (Å²) < 4.78 is 0. The molecule has 8 heteroatoms. The van der Waals surface area contributed by atoms with Gasteiger partial charge in [-0.2, -0.15) is 9.78 Å². The number of carbonyl (C=O) groups is 2. The van der Waals surface area contributed by atoms with Gasteiger partial charge in [0.1, 0.15) is 6.10 Å². The molecule has 1 atom stereocenters. The highest BCUT2D eigenvalue weighted by Crippen LogP contribution is 2.30. The summed E-state index contributed by atoms with van der Waals surface area (Å²) in [4.78, 5) is 45.7. The van der Waals surface area contributed by atoms with Gasteiger partial charge < -0.3 is 0 Å². The van der Waals surface area contributed by atoms with E-state index in [9.17, 15) is 9.59 Å². The first-order valence-electron chi connectivity index (χ1n) is 11.6. The molecule has 0 heterocycles. The van der Waals surface area contributed by atoms with Crippen LogP contribution < -0.4 is 10.4 Å². The van der Waals surface area contributed by atoms with Crippen LogP contribution in [0.1, 0.15) is 40.0 Å². The molecule has 182 valence electrons. The summed E-state index contributed by atoms with van der Waals surface area (Å²) in [5.74, 6) is -1.17. The van der Waals surface area contributed by atoms with E-state index in [0.717, 1.165) is 12.8 Å². The van der Waals surface area contributed by atoms with Crippen molar-refractivity contribution >= 4 is 38.5 Å². The van der Waals surface area contributed by atoms with E-state index in [-0.39, 0.29) is 0 Å². The molecule has 1 saturated carbocycles. The maximum absolute atomic E-state index is 12.4. The van der Waals surface area contributed by atoms with E-state index >= 15 is 0 Å². The Bertz CT molecular complexity index is 893. The van der Waals surface area contributed by atoms with E-state index in [2.05, 4.69) is 39.3 Å². The molecule has 3 rings (SSSR count). The van der Waals surface area contributed by atoms with Crippen molar-refractivity contribution in [1.29, 1.82) is 0 Å². The minimum absolute atomic E-state index is 0.389. The van der Waals surface area contributed by atoms with Gasteiger partial charge in [0.2, 0.25) is 0 Å². The lowest BCUT2D eigenvalue weighted by molar-refractivity contribution is -0.311. The number of benzene rings is 2. The van der Waals surface area contributed by atoms with E-state index in [1.165, 1.54) is 10.4 Å².